The minimum Gasteiger partial charge on any atom is -0.480 e. The van der Waals surface area contributed by atoms with Gasteiger partial charge in [0.25, 0.3) is 0 Å². The van der Waals surface area contributed by atoms with Gasteiger partial charge in [-0.25, -0.2) is 14.9 Å². The quantitative estimate of drug-likeness (QED) is 0.441. The van der Waals surface area contributed by atoms with Crippen molar-refractivity contribution in [3.63, 3.8) is 0 Å². The highest BCUT2D eigenvalue weighted by Gasteiger charge is 2.46. The number of nitrogens with zero attached hydrogens (tertiary/aromatic N) is 3. The molecule has 0 aromatic heterocycles. The molecule has 0 spiro atoms. The molecule has 168 valence electrons. The largest absolute Gasteiger partial charge is 0.480 e. The maximum absolute atomic E-state index is 13.1. The summed E-state index contributed by atoms with van der Waals surface area (Å²) in [5, 5.41) is 20.3. The topological polar surface area (TPSA) is 138 Å². The maximum Gasteiger partial charge on any atom is 0.333 e. The molecule has 2 rings (SSSR count). The lowest BCUT2D eigenvalue weighted by Gasteiger charge is -2.29. The van der Waals surface area contributed by atoms with E-state index in [0.717, 1.165) is 11.8 Å². The normalized spacial score (nSPS) is 17.6. The summed E-state index contributed by atoms with van der Waals surface area (Å²) in [4.78, 5) is 61.9. The van der Waals surface area contributed by atoms with Gasteiger partial charge in [-0.15, -0.1) is 0 Å². The van der Waals surface area contributed by atoms with Gasteiger partial charge in [-0.3, -0.25) is 14.4 Å². The zero-order valence-electron chi connectivity index (χ0n) is 17.3. The van der Waals surface area contributed by atoms with Crippen LogP contribution in [0.25, 0.3) is 0 Å². The minimum absolute atomic E-state index is 0.139. The summed E-state index contributed by atoms with van der Waals surface area (Å²) in [5.74, 6) is -3.24. The zero-order valence-corrected chi connectivity index (χ0v) is 18.1. The van der Waals surface area contributed by atoms with E-state index in [9.17, 15) is 34.4 Å². The Morgan fingerprint density at radius 2 is 1.94 bits per heavy atom. The van der Waals surface area contributed by atoms with Crippen LogP contribution < -0.4 is 0 Å². The predicted molar refractivity (Wildman–Crippen MR) is 112 cm³/mol. The number of carboxylic acid groups (broad SMARTS) is 1. The smallest absolute Gasteiger partial charge is 0.333 e. The lowest BCUT2D eigenvalue weighted by molar-refractivity contribution is -0.640. The highest BCUT2D eigenvalue weighted by molar-refractivity contribution is 8.13. The molecule has 31 heavy (non-hydrogen) atoms. The van der Waals surface area contributed by atoms with Gasteiger partial charge >= 0.3 is 11.9 Å². The number of hydrogen-bond donors (Lipinski definition) is 1. The highest BCUT2D eigenvalue weighted by atomic mass is 32.2. The van der Waals surface area contributed by atoms with Crippen molar-refractivity contribution in [3.8, 4) is 0 Å². The number of nitro groups is 1. The number of thioether (sulfide) groups is 1. The second-order valence-electron chi connectivity index (χ2n) is 7.36. The van der Waals surface area contributed by atoms with Crippen LogP contribution in [0.2, 0.25) is 0 Å². The Balaban J connectivity index is 2.23. The second-order valence-corrected chi connectivity index (χ2v) is 8.55. The van der Waals surface area contributed by atoms with Crippen LogP contribution in [0.4, 0.5) is 0 Å². The van der Waals surface area contributed by atoms with Crippen LogP contribution in [0.3, 0.4) is 0 Å². The molecule has 3 atom stereocenters. The molecule has 0 bridgehead atoms. The number of benzene rings is 1. The SMILES string of the molecule is CC(=O)SC[C@@H](C)C(=O)N1CCC[C@H]1C(=O)N([C@@H](Cc1ccccc1)C(=O)O)[N+](=O)[O-]. The molecule has 0 aliphatic carbocycles. The second kappa shape index (κ2) is 10.9. The van der Waals surface area contributed by atoms with E-state index in [-0.39, 0.29) is 41.2 Å². The zero-order chi connectivity index (χ0) is 23.1. The van der Waals surface area contributed by atoms with Gasteiger partial charge < -0.3 is 10.0 Å². The van der Waals surface area contributed by atoms with Crippen molar-refractivity contribution in [2.24, 2.45) is 5.92 Å². The van der Waals surface area contributed by atoms with Crippen molar-refractivity contribution in [2.45, 2.75) is 45.2 Å². The van der Waals surface area contributed by atoms with Crippen LogP contribution in [0, 0.1) is 16.0 Å². The van der Waals surface area contributed by atoms with Crippen molar-refractivity contribution < 1.29 is 29.3 Å². The van der Waals surface area contributed by atoms with E-state index in [1.165, 1.54) is 11.8 Å². The number of aliphatic carboxylic acids is 1. The summed E-state index contributed by atoms with van der Waals surface area (Å²) in [6.45, 7) is 3.25. The number of likely N-dealkylation sites (tertiary alicyclic amines) is 1. The molecule has 1 aromatic rings. The molecule has 10 nitrogen and oxygen atoms in total. The predicted octanol–water partition coefficient (Wildman–Crippen LogP) is 1.61. The Bertz CT molecular complexity index is 848. The van der Waals surface area contributed by atoms with E-state index >= 15 is 0 Å². The molecule has 0 unspecified atom stereocenters. The third-order valence-electron chi connectivity index (χ3n) is 5.03. The number of hydrazine groups is 1. The monoisotopic (exact) mass is 451 g/mol. The first-order valence-electron chi connectivity index (χ1n) is 9.81. The van der Waals surface area contributed by atoms with Gasteiger partial charge in [0.1, 0.15) is 6.04 Å². The Morgan fingerprint density at radius 3 is 2.48 bits per heavy atom. The fraction of sp³-hybridized carbons (Fsp3) is 0.500. The Labute approximate surface area is 183 Å². The van der Waals surface area contributed by atoms with E-state index in [2.05, 4.69) is 0 Å². The summed E-state index contributed by atoms with van der Waals surface area (Å²) < 4.78 is 0. The van der Waals surface area contributed by atoms with E-state index in [1.54, 1.807) is 37.3 Å². The number of rotatable bonds is 9. The molecule has 0 radical (unpaired) electrons. The van der Waals surface area contributed by atoms with E-state index in [1.807, 2.05) is 0 Å². The van der Waals surface area contributed by atoms with E-state index < -0.39 is 34.9 Å². The first-order chi connectivity index (χ1) is 14.6. The molecule has 0 saturated carbocycles. The summed E-state index contributed by atoms with van der Waals surface area (Å²) in [6, 6.07) is 5.49. The fourth-order valence-electron chi connectivity index (χ4n) is 3.50. The van der Waals surface area contributed by atoms with Crippen molar-refractivity contribution in [2.75, 3.05) is 12.3 Å². The number of carboxylic acids is 1. The van der Waals surface area contributed by atoms with Crippen LogP contribution in [-0.4, -0.2) is 67.3 Å². The van der Waals surface area contributed by atoms with E-state index in [4.69, 9.17) is 0 Å². The molecular formula is C20H25N3O7S. The summed E-state index contributed by atoms with van der Waals surface area (Å²) in [6.07, 6.45) is 0.436. The van der Waals surface area contributed by atoms with E-state index in [0.29, 0.717) is 12.0 Å². The van der Waals surface area contributed by atoms with Gasteiger partial charge in [0.15, 0.2) is 16.2 Å². The molecule has 1 aromatic carbocycles. The van der Waals surface area contributed by atoms with Crippen molar-refractivity contribution in [3.05, 3.63) is 46.0 Å². The molecule has 1 saturated heterocycles. The maximum atomic E-state index is 13.1. The fourth-order valence-corrected chi connectivity index (χ4v) is 4.13. The Morgan fingerprint density at radius 1 is 1.29 bits per heavy atom. The summed E-state index contributed by atoms with van der Waals surface area (Å²) in [7, 11) is 0. The number of carbonyl (C=O) groups excluding carboxylic acids is 3. The first kappa shape index (κ1) is 24.3. The Hall–Kier alpha value is -2.95. The average Bonchev–Trinajstić information content (AvgIpc) is 3.21. The molecule has 11 heteroatoms. The van der Waals surface area contributed by atoms with Gasteiger partial charge in [0.05, 0.1) is 0 Å². The molecular weight excluding hydrogens is 426 g/mol. The van der Waals surface area contributed by atoms with Gasteiger partial charge in [-0.1, -0.05) is 49.0 Å². The molecule has 1 N–H and O–H groups in total. The molecule has 1 fully saturated rings. The lowest BCUT2D eigenvalue weighted by Crippen LogP contribution is -2.56. The van der Waals surface area contributed by atoms with Gasteiger partial charge in [0, 0.05) is 31.6 Å². The third-order valence-corrected chi connectivity index (χ3v) is 6.11. The summed E-state index contributed by atoms with van der Waals surface area (Å²) >= 11 is 0.990. The van der Waals surface area contributed by atoms with Crippen LogP contribution in [0.15, 0.2) is 30.3 Å². The average molecular weight is 452 g/mol. The molecule has 1 aliphatic heterocycles. The van der Waals surface area contributed by atoms with Crippen molar-refractivity contribution >= 4 is 34.7 Å². The van der Waals surface area contributed by atoms with Gasteiger partial charge in [-0.05, 0) is 23.4 Å². The van der Waals surface area contributed by atoms with Crippen molar-refractivity contribution in [1.82, 2.24) is 9.91 Å². The molecule has 1 heterocycles. The number of carbonyl (C=O) groups is 4. The highest BCUT2D eigenvalue weighted by Crippen LogP contribution is 2.24. The first-order valence-corrected chi connectivity index (χ1v) is 10.8. The molecule has 1 aliphatic rings. The van der Waals surface area contributed by atoms with Crippen LogP contribution >= 0.6 is 11.8 Å². The number of hydrogen-bond acceptors (Lipinski definition) is 7. The van der Waals surface area contributed by atoms with Crippen LogP contribution in [0.1, 0.15) is 32.3 Å². The van der Waals surface area contributed by atoms with Crippen LogP contribution in [0.5, 0.6) is 0 Å². The van der Waals surface area contributed by atoms with Gasteiger partial charge in [0.2, 0.25) is 5.91 Å². The van der Waals surface area contributed by atoms with Crippen molar-refractivity contribution in [1.29, 1.82) is 0 Å². The Kier molecular flexibility index (Phi) is 8.55. The lowest BCUT2D eigenvalue weighted by atomic mass is 10.0. The minimum atomic E-state index is -1.71. The summed E-state index contributed by atoms with van der Waals surface area (Å²) in [5.41, 5.74) is 0.531. The molecule has 2 amide bonds. The van der Waals surface area contributed by atoms with Crippen LogP contribution in [-0.2, 0) is 25.6 Å². The number of amides is 2. The third kappa shape index (κ3) is 6.27. The van der Waals surface area contributed by atoms with Gasteiger partial charge in [-0.2, -0.15) is 0 Å². The standard InChI is InChI=1S/C20H25N3O7S/c1-13(12-31-14(2)24)18(25)21-10-6-9-16(21)19(26)22(23(29)30)17(20(27)28)11-15-7-4-3-5-8-15/h3-5,7-8,13,16-17H,6,9-12H2,1-2H3,(H,27,28)/t13-,16+,17+/m1/s1.